The van der Waals surface area contributed by atoms with Crippen LogP contribution < -0.4 is 0 Å². The van der Waals surface area contributed by atoms with E-state index in [9.17, 15) is 0 Å². The molecule has 0 bridgehead atoms. The molecule has 2 atom stereocenters. The van der Waals surface area contributed by atoms with Crippen molar-refractivity contribution in [2.24, 2.45) is 11.8 Å². The van der Waals surface area contributed by atoms with Crippen LogP contribution >= 0.6 is 15.9 Å². The van der Waals surface area contributed by atoms with E-state index in [4.69, 9.17) is 0 Å². The lowest BCUT2D eigenvalue weighted by molar-refractivity contribution is 0.346. The molecule has 0 N–H and O–H groups in total. The standard InChI is InChI=1S/C10H21Br/c1-4-6-9(3)10(8-11)7-5-2/h9-10H,4-8H2,1-3H3. The van der Waals surface area contributed by atoms with Crippen molar-refractivity contribution in [1.82, 2.24) is 0 Å². The molecule has 11 heavy (non-hydrogen) atoms. The van der Waals surface area contributed by atoms with Gasteiger partial charge in [0.25, 0.3) is 0 Å². The van der Waals surface area contributed by atoms with Gasteiger partial charge in [-0.25, -0.2) is 0 Å². The molecule has 0 radical (unpaired) electrons. The first-order valence-electron chi connectivity index (χ1n) is 4.82. The summed E-state index contributed by atoms with van der Waals surface area (Å²) in [4.78, 5) is 0. The smallest absolute Gasteiger partial charge is 0.00622 e. The number of halogens is 1. The van der Waals surface area contributed by atoms with Gasteiger partial charge in [-0.3, -0.25) is 0 Å². The van der Waals surface area contributed by atoms with Gasteiger partial charge in [0.1, 0.15) is 0 Å². The van der Waals surface area contributed by atoms with Gasteiger partial charge in [0.15, 0.2) is 0 Å². The Bertz CT molecular complexity index is 80.9. The summed E-state index contributed by atoms with van der Waals surface area (Å²) in [5.74, 6) is 1.80. The molecule has 68 valence electrons. The third-order valence-corrected chi connectivity index (χ3v) is 3.24. The zero-order valence-electron chi connectivity index (χ0n) is 8.07. The van der Waals surface area contributed by atoms with E-state index in [2.05, 4.69) is 36.7 Å². The largest absolute Gasteiger partial charge is 0.0925 e. The predicted octanol–water partition coefficient (Wildman–Crippen LogP) is 4.23. The molecule has 0 heterocycles. The summed E-state index contributed by atoms with van der Waals surface area (Å²) in [6.45, 7) is 6.92. The molecule has 0 amide bonds. The van der Waals surface area contributed by atoms with E-state index in [1.165, 1.54) is 31.0 Å². The van der Waals surface area contributed by atoms with Gasteiger partial charge in [-0.1, -0.05) is 56.0 Å². The van der Waals surface area contributed by atoms with Gasteiger partial charge in [0, 0.05) is 5.33 Å². The Morgan fingerprint density at radius 3 is 2.00 bits per heavy atom. The molecule has 0 aliphatic heterocycles. The summed E-state index contributed by atoms with van der Waals surface area (Å²) in [5, 5.41) is 1.18. The summed E-state index contributed by atoms with van der Waals surface area (Å²) in [5.41, 5.74) is 0. The van der Waals surface area contributed by atoms with Gasteiger partial charge >= 0.3 is 0 Å². The van der Waals surface area contributed by atoms with E-state index < -0.39 is 0 Å². The molecule has 0 aromatic rings. The second-order valence-corrected chi connectivity index (χ2v) is 4.12. The van der Waals surface area contributed by atoms with E-state index >= 15 is 0 Å². The summed E-state index contributed by atoms with van der Waals surface area (Å²) in [6, 6.07) is 0. The molecule has 2 unspecified atom stereocenters. The first kappa shape index (κ1) is 11.5. The maximum absolute atomic E-state index is 3.59. The molecule has 0 aromatic carbocycles. The minimum absolute atomic E-state index is 0.902. The van der Waals surface area contributed by atoms with Crippen LogP contribution in [0, 0.1) is 11.8 Å². The molecular formula is C10H21Br. The van der Waals surface area contributed by atoms with E-state index in [1.807, 2.05) is 0 Å². The van der Waals surface area contributed by atoms with Crippen molar-refractivity contribution in [1.29, 1.82) is 0 Å². The zero-order chi connectivity index (χ0) is 8.69. The van der Waals surface area contributed by atoms with Crippen molar-refractivity contribution in [3.63, 3.8) is 0 Å². The van der Waals surface area contributed by atoms with Crippen LogP contribution in [-0.4, -0.2) is 5.33 Å². The van der Waals surface area contributed by atoms with Crippen molar-refractivity contribution in [3.8, 4) is 0 Å². The average molecular weight is 221 g/mol. The molecule has 0 fully saturated rings. The van der Waals surface area contributed by atoms with Crippen molar-refractivity contribution < 1.29 is 0 Å². The van der Waals surface area contributed by atoms with E-state index in [1.54, 1.807) is 0 Å². The molecule has 0 nitrogen and oxygen atoms in total. The quantitative estimate of drug-likeness (QED) is 0.588. The Morgan fingerprint density at radius 1 is 1.09 bits per heavy atom. The van der Waals surface area contributed by atoms with Gasteiger partial charge in [0.05, 0.1) is 0 Å². The molecule has 0 aromatic heterocycles. The maximum atomic E-state index is 3.59. The monoisotopic (exact) mass is 220 g/mol. The number of alkyl halides is 1. The minimum atomic E-state index is 0.902. The van der Waals surface area contributed by atoms with Crippen LogP contribution in [0.1, 0.15) is 46.5 Å². The number of rotatable bonds is 6. The van der Waals surface area contributed by atoms with Crippen molar-refractivity contribution in [2.45, 2.75) is 46.5 Å². The lowest BCUT2D eigenvalue weighted by Gasteiger charge is -2.20. The van der Waals surface area contributed by atoms with Crippen LogP contribution in [0.3, 0.4) is 0 Å². The Hall–Kier alpha value is 0.480. The molecule has 0 aliphatic rings. The van der Waals surface area contributed by atoms with E-state index in [0.29, 0.717) is 0 Å². The highest BCUT2D eigenvalue weighted by atomic mass is 79.9. The van der Waals surface area contributed by atoms with Crippen LogP contribution in [0.5, 0.6) is 0 Å². The average Bonchev–Trinajstić information content (AvgIpc) is 2.00. The van der Waals surface area contributed by atoms with Crippen LogP contribution in [0.4, 0.5) is 0 Å². The molecule has 0 aliphatic carbocycles. The summed E-state index contributed by atoms with van der Waals surface area (Å²) < 4.78 is 0. The number of hydrogen-bond donors (Lipinski definition) is 0. The molecule has 0 spiro atoms. The van der Waals surface area contributed by atoms with Gasteiger partial charge in [0.2, 0.25) is 0 Å². The highest BCUT2D eigenvalue weighted by Gasteiger charge is 2.13. The Balaban J connectivity index is 3.61. The van der Waals surface area contributed by atoms with Gasteiger partial charge in [-0.05, 0) is 18.3 Å². The summed E-state index contributed by atoms with van der Waals surface area (Å²) >= 11 is 3.59. The lowest BCUT2D eigenvalue weighted by Crippen LogP contribution is -2.12. The maximum Gasteiger partial charge on any atom is 0.00622 e. The highest BCUT2D eigenvalue weighted by Crippen LogP contribution is 2.23. The molecule has 0 saturated heterocycles. The van der Waals surface area contributed by atoms with Crippen LogP contribution in [0.2, 0.25) is 0 Å². The fourth-order valence-electron chi connectivity index (χ4n) is 1.58. The number of hydrogen-bond acceptors (Lipinski definition) is 0. The first-order valence-corrected chi connectivity index (χ1v) is 5.94. The summed E-state index contributed by atoms with van der Waals surface area (Å²) in [6.07, 6.45) is 5.42. The fraction of sp³-hybridized carbons (Fsp3) is 1.00. The Kier molecular flexibility index (Phi) is 7.46. The normalized spacial score (nSPS) is 16.4. The second-order valence-electron chi connectivity index (χ2n) is 3.47. The third-order valence-electron chi connectivity index (χ3n) is 2.41. The van der Waals surface area contributed by atoms with Crippen molar-refractivity contribution in [2.75, 3.05) is 5.33 Å². The SMILES string of the molecule is CCCC(C)C(CBr)CCC. The topological polar surface area (TPSA) is 0 Å². The predicted molar refractivity (Wildman–Crippen MR) is 56.3 cm³/mol. The van der Waals surface area contributed by atoms with Gasteiger partial charge in [-0.2, -0.15) is 0 Å². The zero-order valence-corrected chi connectivity index (χ0v) is 9.65. The summed E-state index contributed by atoms with van der Waals surface area (Å²) in [7, 11) is 0. The van der Waals surface area contributed by atoms with Crippen LogP contribution in [-0.2, 0) is 0 Å². The van der Waals surface area contributed by atoms with E-state index in [-0.39, 0.29) is 0 Å². The Morgan fingerprint density at radius 2 is 1.64 bits per heavy atom. The molecule has 1 heteroatoms. The molecular weight excluding hydrogens is 200 g/mol. The molecule has 0 saturated carbocycles. The highest BCUT2D eigenvalue weighted by molar-refractivity contribution is 9.09. The first-order chi connectivity index (χ1) is 5.26. The third kappa shape index (κ3) is 4.84. The van der Waals surface area contributed by atoms with Crippen molar-refractivity contribution in [3.05, 3.63) is 0 Å². The van der Waals surface area contributed by atoms with Crippen LogP contribution in [0.15, 0.2) is 0 Å². The van der Waals surface area contributed by atoms with Gasteiger partial charge in [-0.15, -0.1) is 0 Å². The molecule has 0 rings (SSSR count). The lowest BCUT2D eigenvalue weighted by atomic mass is 9.88. The van der Waals surface area contributed by atoms with Gasteiger partial charge < -0.3 is 0 Å². The van der Waals surface area contributed by atoms with Crippen LogP contribution in [0.25, 0.3) is 0 Å². The fourth-order valence-corrected chi connectivity index (χ4v) is 2.54. The van der Waals surface area contributed by atoms with E-state index in [0.717, 1.165) is 11.8 Å². The minimum Gasteiger partial charge on any atom is -0.0925 e. The Labute approximate surface area is 79.9 Å². The second kappa shape index (κ2) is 7.15. The van der Waals surface area contributed by atoms with Crippen molar-refractivity contribution >= 4 is 15.9 Å².